The van der Waals surface area contributed by atoms with Gasteiger partial charge in [-0.05, 0) is 38.1 Å². The van der Waals surface area contributed by atoms with Crippen LogP contribution in [0, 0.1) is 6.92 Å². The van der Waals surface area contributed by atoms with Crippen LogP contribution in [0.25, 0.3) is 0 Å². The van der Waals surface area contributed by atoms with E-state index in [0.29, 0.717) is 5.82 Å². The number of nitrogens with one attached hydrogen (secondary N) is 1. The van der Waals surface area contributed by atoms with E-state index in [0.717, 1.165) is 41.1 Å². The van der Waals surface area contributed by atoms with Gasteiger partial charge in [-0.15, -0.1) is 0 Å². The van der Waals surface area contributed by atoms with Gasteiger partial charge in [0.05, 0.1) is 0 Å². The number of hydrogen-bond donors (Lipinski definition) is 1. The van der Waals surface area contributed by atoms with E-state index in [2.05, 4.69) is 39.2 Å². The van der Waals surface area contributed by atoms with Crippen molar-refractivity contribution >= 4 is 23.0 Å². The second-order valence-corrected chi connectivity index (χ2v) is 5.93. The van der Waals surface area contributed by atoms with E-state index in [9.17, 15) is 0 Å². The van der Waals surface area contributed by atoms with Crippen LogP contribution in [0.3, 0.4) is 0 Å². The molecular formula is C20H20N4O2. The molecule has 0 spiro atoms. The Labute approximate surface area is 152 Å². The SMILES string of the molecule is CCN(c1ccccc1)c1cc(Nc2ccc3c(c2)OCO3)nc(C)n1. The number of aryl methyl sites for hydroxylation is 1. The first-order chi connectivity index (χ1) is 12.7. The van der Waals surface area contributed by atoms with E-state index in [1.807, 2.05) is 49.4 Å². The summed E-state index contributed by atoms with van der Waals surface area (Å²) in [5.74, 6) is 3.80. The van der Waals surface area contributed by atoms with Gasteiger partial charge in [-0.2, -0.15) is 0 Å². The molecule has 0 atom stereocenters. The Balaban J connectivity index is 1.64. The van der Waals surface area contributed by atoms with Gasteiger partial charge >= 0.3 is 0 Å². The minimum absolute atomic E-state index is 0.262. The van der Waals surface area contributed by atoms with Gasteiger partial charge in [-0.1, -0.05) is 18.2 Å². The number of nitrogens with zero attached hydrogens (tertiary/aromatic N) is 3. The van der Waals surface area contributed by atoms with Gasteiger partial charge in [-0.3, -0.25) is 0 Å². The van der Waals surface area contributed by atoms with Crippen LogP contribution in [-0.4, -0.2) is 23.3 Å². The van der Waals surface area contributed by atoms with Gasteiger partial charge in [0.1, 0.15) is 17.5 Å². The molecule has 0 bridgehead atoms. The summed E-state index contributed by atoms with van der Waals surface area (Å²) in [5, 5.41) is 3.33. The highest BCUT2D eigenvalue weighted by Crippen LogP contribution is 2.35. The molecule has 4 rings (SSSR count). The average molecular weight is 348 g/mol. The minimum Gasteiger partial charge on any atom is -0.454 e. The maximum Gasteiger partial charge on any atom is 0.231 e. The van der Waals surface area contributed by atoms with Crippen LogP contribution in [0.5, 0.6) is 11.5 Å². The number of aromatic nitrogens is 2. The fraction of sp³-hybridized carbons (Fsp3) is 0.200. The number of benzene rings is 2. The highest BCUT2D eigenvalue weighted by atomic mass is 16.7. The summed E-state index contributed by atoms with van der Waals surface area (Å²) in [6.07, 6.45) is 0. The molecule has 26 heavy (non-hydrogen) atoms. The fourth-order valence-electron chi connectivity index (χ4n) is 2.96. The quantitative estimate of drug-likeness (QED) is 0.737. The number of para-hydroxylation sites is 1. The van der Waals surface area contributed by atoms with E-state index >= 15 is 0 Å². The third kappa shape index (κ3) is 3.26. The lowest BCUT2D eigenvalue weighted by Crippen LogP contribution is -2.18. The van der Waals surface area contributed by atoms with Crippen molar-refractivity contribution in [2.75, 3.05) is 23.6 Å². The zero-order valence-electron chi connectivity index (χ0n) is 14.8. The summed E-state index contributed by atoms with van der Waals surface area (Å²) < 4.78 is 10.8. The van der Waals surface area contributed by atoms with E-state index in [1.165, 1.54) is 0 Å². The summed E-state index contributed by atoms with van der Waals surface area (Å²) in [7, 11) is 0. The molecule has 0 fully saturated rings. The molecule has 0 amide bonds. The number of anilines is 4. The minimum atomic E-state index is 0.262. The van der Waals surface area contributed by atoms with Crippen LogP contribution in [0.1, 0.15) is 12.7 Å². The maximum absolute atomic E-state index is 5.43. The van der Waals surface area contributed by atoms with Crippen molar-refractivity contribution in [3.05, 3.63) is 60.4 Å². The van der Waals surface area contributed by atoms with Crippen molar-refractivity contribution in [3.63, 3.8) is 0 Å². The summed E-state index contributed by atoms with van der Waals surface area (Å²) in [6.45, 7) is 5.07. The van der Waals surface area contributed by atoms with Crippen molar-refractivity contribution in [1.82, 2.24) is 9.97 Å². The molecule has 132 valence electrons. The van der Waals surface area contributed by atoms with Gasteiger partial charge in [0.2, 0.25) is 6.79 Å². The van der Waals surface area contributed by atoms with Gasteiger partial charge < -0.3 is 19.7 Å². The fourth-order valence-corrected chi connectivity index (χ4v) is 2.96. The molecule has 1 aromatic heterocycles. The predicted octanol–water partition coefficient (Wildman–Crippen LogP) is 4.42. The van der Waals surface area contributed by atoms with Crippen LogP contribution in [0.2, 0.25) is 0 Å². The zero-order chi connectivity index (χ0) is 17.9. The van der Waals surface area contributed by atoms with Crippen LogP contribution in [0.15, 0.2) is 54.6 Å². The van der Waals surface area contributed by atoms with Crippen molar-refractivity contribution in [2.45, 2.75) is 13.8 Å². The maximum atomic E-state index is 5.43. The van der Waals surface area contributed by atoms with Crippen molar-refractivity contribution in [3.8, 4) is 11.5 Å². The van der Waals surface area contributed by atoms with E-state index in [1.54, 1.807) is 0 Å². The molecule has 1 aliphatic heterocycles. The Hall–Kier alpha value is -3.28. The molecule has 6 nitrogen and oxygen atoms in total. The lowest BCUT2D eigenvalue weighted by molar-refractivity contribution is 0.174. The van der Waals surface area contributed by atoms with Crippen LogP contribution in [0.4, 0.5) is 23.0 Å². The van der Waals surface area contributed by atoms with E-state index < -0.39 is 0 Å². The Kier molecular flexibility index (Phi) is 4.31. The van der Waals surface area contributed by atoms with Gasteiger partial charge in [0, 0.05) is 30.1 Å². The first-order valence-electron chi connectivity index (χ1n) is 8.58. The molecule has 3 aromatic rings. The van der Waals surface area contributed by atoms with Crippen LogP contribution < -0.4 is 19.7 Å². The predicted molar refractivity (Wildman–Crippen MR) is 102 cm³/mol. The van der Waals surface area contributed by atoms with Crippen molar-refractivity contribution < 1.29 is 9.47 Å². The van der Waals surface area contributed by atoms with Crippen LogP contribution >= 0.6 is 0 Å². The molecule has 2 heterocycles. The molecule has 0 saturated carbocycles. The van der Waals surface area contributed by atoms with E-state index in [-0.39, 0.29) is 6.79 Å². The zero-order valence-corrected chi connectivity index (χ0v) is 14.8. The molecule has 6 heteroatoms. The Morgan fingerprint density at radius 3 is 2.62 bits per heavy atom. The highest BCUT2D eigenvalue weighted by molar-refractivity contribution is 5.67. The normalized spacial score (nSPS) is 12.1. The van der Waals surface area contributed by atoms with Gasteiger partial charge in [0.15, 0.2) is 11.5 Å². The van der Waals surface area contributed by atoms with Gasteiger partial charge in [-0.25, -0.2) is 9.97 Å². The average Bonchev–Trinajstić information content (AvgIpc) is 3.11. The molecule has 1 aliphatic rings. The molecule has 0 unspecified atom stereocenters. The molecule has 0 aliphatic carbocycles. The Morgan fingerprint density at radius 2 is 1.81 bits per heavy atom. The summed E-state index contributed by atoms with van der Waals surface area (Å²) >= 11 is 0. The third-order valence-corrected chi connectivity index (χ3v) is 4.13. The number of rotatable bonds is 5. The molecule has 2 aromatic carbocycles. The van der Waals surface area contributed by atoms with Crippen molar-refractivity contribution in [1.29, 1.82) is 0 Å². The largest absolute Gasteiger partial charge is 0.454 e. The first kappa shape index (κ1) is 16.2. The topological polar surface area (TPSA) is 59.5 Å². The van der Waals surface area contributed by atoms with Crippen molar-refractivity contribution in [2.24, 2.45) is 0 Å². The second-order valence-electron chi connectivity index (χ2n) is 5.93. The highest BCUT2D eigenvalue weighted by Gasteiger charge is 2.15. The number of fused-ring (bicyclic) bond motifs is 1. The second kappa shape index (κ2) is 6.92. The Morgan fingerprint density at radius 1 is 1.00 bits per heavy atom. The molecule has 0 radical (unpaired) electrons. The van der Waals surface area contributed by atoms with E-state index in [4.69, 9.17) is 9.47 Å². The summed E-state index contributed by atoms with van der Waals surface area (Å²) in [6, 6.07) is 17.9. The smallest absolute Gasteiger partial charge is 0.231 e. The lowest BCUT2D eigenvalue weighted by Gasteiger charge is -2.23. The Bertz CT molecular complexity index is 915. The first-order valence-corrected chi connectivity index (χ1v) is 8.58. The summed E-state index contributed by atoms with van der Waals surface area (Å²) in [4.78, 5) is 11.3. The summed E-state index contributed by atoms with van der Waals surface area (Å²) in [5.41, 5.74) is 1.99. The lowest BCUT2D eigenvalue weighted by atomic mass is 10.2. The number of ether oxygens (including phenoxy) is 2. The van der Waals surface area contributed by atoms with Gasteiger partial charge in [0.25, 0.3) is 0 Å². The third-order valence-electron chi connectivity index (χ3n) is 4.13. The molecule has 0 saturated heterocycles. The molecule has 1 N–H and O–H groups in total. The monoisotopic (exact) mass is 348 g/mol. The number of hydrogen-bond acceptors (Lipinski definition) is 6. The van der Waals surface area contributed by atoms with Crippen LogP contribution in [-0.2, 0) is 0 Å². The molecular weight excluding hydrogens is 328 g/mol. The standard InChI is InChI=1S/C20H20N4O2/c1-3-24(16-7-5-4-6-8-16)20-12-19(21-14(2)22-20)23-15-9-10-17-18(11-15)26-13-25-17/h4-12H,3,13H2,1-2H3,(H,21,22,23).